The Hall–Kier alpha value is -0.160. The van der Waals surface area contributed by atoms with Gasteiger partial charge in [0.25, 0.3) is 0 Å². The van der Waals surface area contributed by atoms with E-state index in [1.54, 1.807) is 0 Å². The Labute approximate surface area is 113 Å². The molecule has 0 aliphatic rings. The quantitative estimate of drug-likeness (QED) is 0.531. The summed E-state index contributed by atoms with van der Waals surface area (Å²) in [6.07, 6.45) is -0.381. The average Bonchev–Trinajstić information content (AvgIpc) is 2.33. The highest BCUT2D eigenvalue weighted by atomic mass is 16.3. The van der Waals surface area contributed by atoms with Gasteiger partial charge in [0.2, 0.25) is 0 Å². The van der Waals surface area contributed by atoms with E-state index in [4.69, 9.17) is 10.2 Å². The summed E-state index contributed by atoms with van der Waals surface area (Å²) in [6, 6.07) is 0. The molecule has 4 N–H and O–H groups in total. The maximum Gasteiger partial charge on any atom is 0.0549 e. The van der Waals surface area contributed by atoms with Gasteiger partial charge in [-0.1, -0.05) is 27.7 Å². The topological polar surface area (TPSA) is 64.5 Å². The minimum absolute atomic E-state index is 0.191. The second kappa shape index (κ2) is 13.3. The molecule has 0 aliphatic heterocycles. The van der Waals surface area contributed by atoms with Gasteiger partial charge in [-0.05, 0) is 38.8 Å². The van der Waals surface area contributed by atoms with Crippen LogP contribution in [0.25, 0.3) is 0 Å². The first kappa shape index (κ1) is 20.2. The predicted molar refractivity (Wildman–Crippen MR) is 78.8 cm³/mol. The first-order valence-corrected chi connectivity index (χ1v) is 7.14. The number of nitrogens with one attached hydrogen (secondary N) is 2. The van der Waals surface area contributed by atoms with Gasteiger partial charge < -0.3 is 20.8 Å². The third-order valence-electron chi connectivity index (χ3n) is 3.08. The van der Waals surface area contributed by atoms with Gasteiger partial charge in [0.1, 0.15) is 0 Å². The maximum absolute atomic E-state index is 9.01. The van der Waals surface area contributed by atoms with Crippen LogP contribution in [0.4, 0.5) is 0 Å². The molecule has 0 rings (SSSR count). The lowest BCUT2D eigenvalue weighted by molar-refractivity contribution is 0.134. The molecule has 4 nitrogen and oxygen atoms in total. The Morgan fingerprint density at radius 2 is 1.00 bits per heavy atom. The molecule has 0 amide bonds. The smallest absolute Gasteiger partial charge is 0.0549 e. The second-order valence-electron chi connectivity index (χ2n) is 5.05. The minimum atomic E-state index is -0.191. The number of hydrogen-bond donors (Lipinski definition) is 4. The summed E-state index contributed by atoms with van der Waals surface area (Å²) < 4.78 is 0. The fraction of sp³-hybridized carbons (Fsp3) is 1.00. The highest BCUT2D eigenvalue weighted by molar-refractivity contribution is 4.61. The molecule has 0 radical (unpaired) electrons. The average molecular weight is 262 g/mol. The molecular formula is C14H34N2O2. The Balaban J connectivity index is 0. The zero-order valence-corrected chi connectivity index (χ0v) is 13.0. The van der Waals surface area contributed by atoms with E-state index < -0.39 is 0 Å². The third-order valence-corrected chi connectivity index (χ3v) is 3.08. The van der Waals surface area contributed by atoms with Gasteiger partial charge in [0, 0.05) is 13.1 Å². The largest absolute Gasteiger partial charge is 0.393 e. The van der Waals surface area contributed by atoms with Crippen LogP contribution in [-0.2, 0) is 0 Å². The molecule has 0 aromatic rings. The van der Waals surface area contributed by atoms with E-state index in [1.807, 2.05) is 27.7 Å². The Bertz CT molecular complexity index is 146. The van der Waals surface area contributed by atoms with E-state index >= 15 is 0 Å². The van der Waals surface area contributed by atoms with Crippen molar-refractivity contribution >= 4 is 0 Å². The fourth-order valence-corrected chi connectivity index (χ4v) is 1.09. The van der Waals surface area contributed by atoms with E-state index in [-0.39, 0.29) is 12.2 Å². The zero-order valence-electron chi connectivity index (χ0n) is 13.0. The van der Waals surface area contributed by atoms with Gasteiger partial charge in [0.05, 0.1) is 12.2 Å². The van der Waals surface area contributed by atoms with Crippen LogP contribution in [0.5, 0.6) is 0 Å². The third kappa shape index (κ3) is 13.9. The number of rotatable bonds is 8. The van der Waals surface area contributed by atoms with Crippen LogP contribution in [-0.4, -0.2) is 48.6 Å². The van der Waals surface area contributed by atoms with Crippen LogP contribution in [0.1, 0.15) is 41.5 Å². The van der Waals surface area contributed by atoms with Crippen LogP contribution in [0.2, 0.25) is 0 Å². The number of hydrogen-bond acceptors (Lipinski definition) is 4. The number of aliphatic hydroxyl groups is 2. The maximum atomic E-state index is 9.01. The van der Waals surface area contributed by atoms with Crippen LogP contribution in [0.3, 0.4) is 0 Å². The van der Waals surface area contributed by atoms with E-state index in [0.29, 0.717) is 11.8 Å². The zero-order chi connectivity index (χ0) is 14.6. The summed E-state index contributed by atoms with van der Waals surface area (Å²) in [7, 11) is 0. The van der Waals surface area contributed by atoms with Crippen molar-refractivity contribution in [1.82, 2.24) is 10.6 Å². The van der Waals surface area contributed by atoms with Crippen molar-refractivity contribution in [3.05, 3.63) is 0 Å². The van der Waals surface area contributed by atoms with Crippen molar-refractivity contribution in [3.63, 3.8) is 0 Å². The van der Waals surface area contributed by atoms with Crippen molar-refractivity contribution < 1.29 is 10.2 Å². The Morgan fingerprint density at radius 3 is 1.17 bits per heavy atom. The van der Waals surface area contributed by atoms with Crippen molar-refractivity contribution in [2.24, 2.45) is 11.8 Å². The highest BCUT2D eigenvalue weighted by Crippen LogP contribution is 1.99. The summed E-state index contributed by atoms with van der Waals surface area (Å²) in [4.78, 5) is 0. The summed E-state index contributed by atoms with van der Waals surface area (Å²) in [5.41, 5.74) is 0. The van der Waals surface area contributed by atoms with Gasteiger partial charge in [-0.25, -0.2) is 0 Å². The molecule has 0 spiro atoms. The van der Waals surface area contributed by atoms with Gasteiger partial charge >= 0.3 is 0 Å². The predicted octanol–water partition coefficient (Wildman–Crippen LogP) is 1.23. The Kier molecular flexibility index (Phi) is 14.9. The molecule has 0 saturated carbocycles. The molecule has 18 heavy (non-hydrogen) atoms. The molecule has 4 unspecified atom stereocenters. The lowest BCUT2D eigenvalue weighted by atomic mass is 10.1. The fourth-order valence-electron chi connectivity index (χ4n) is 1.09. The molecule has 0 bridgehead atoms. The second-order valence-corrected chi connectivity index (χ2v) is 5.05. The lowest BCUT2D eigenvalue weighted by Gasteiger charge is -2.13. The summed E-state index contributed by atoms with van der Waals surface area (Å²) in [6.45, 7) is 15.6. The summed E-state index contributed by atoms with van der Waals surface area (Å²) in [5, 5.41) is 24.4. The molecule has 0 heterocycles. The molecule has 0 aromatic carbocycles. The summed E-state index contributed by atoms with van der Waals surface area (Å²) >= 11 is 0. The van der Waals surface area contributed by atoms with Crippen molar-refractivity contribution in [1.29, 1.82) is 0 Å². The first-order chi connectivity index (χ1) is 8.36. The van der Waals surface area contributed by atoms with Crippen LogP contribution >= 0.6 is 0 Å². The van der Waals surface area contributed by atoms with E-state index in [2.05, 4.69) is 24.5 Å². The van der Waals surface area contributed by atoms with Crippen LogP contribution in [0, 0.1) is 11.8 Å². The van der Waals surface area contributed by atoms with Gasteiger partial charge in [-0.15, -0.1) is 0 Å². The monoisotopic (exact) mass is 262 g/mol. The van der Waals surface area contributed by atoms with Gasteiger partial charge in [-0.2, -0.15) is 0 Å². The van der Waals surface area contributed by atoms with Crippen LogP contribution in [0.15, 0.2) is 0 Å². The SMILES string of the molecule is CCNCC(C)C(C)O.CCNCC(C)C(C)O. The molecule has 0 aromatic heterocycles. The van der Waals surface area contributed by atoms with Crippen LogP contribution < -0.4 is 10.6 Å². The van der Waals surface area contributed by atoms with Gasteiger partial charge in [-0.3, -0.25) is 0 Å². The molecule has 112 valence electrons. The molecule has 0 fully saturated rings. The normalized spacial score (nSPS) is 17.3. The molecule has 0 saturated heterocycles. The standard InChI is InChI=1S/2C7H17NO/c2*1-4-8-5-6(2)7(3)9/h2*6-9H,4-5H2,1-3H3. The lowest BCUT2D eigenvalue weighted by Crippen LogP contribution is -2.27. The van der Waals surface area contributed by atoms with E-state index in [9.17, 15) is 0 Å². The molecular weight excluding hydrogens is 228 g/mol. The van der Waals surface area contributed by atoms with E-state index in [1.165, 1.54) is 0 Å². The number of aliphatic hydroxyl groups excluding tert-OH is 2. The van der Waals surface area contributed by atoms with Crippen molar-refractivity contribution in [3.8, 4) is 0 Å². The minimum Gasteiger partial charge on any atom is -0.393 e. The van der Waals surface area contributed by atoms with Gasteiger partial charge in [0.15, 0.2) is 0 Å². The van der Waals surface area contributed by atoms with E-state index in [0.717, 1.165) is 26.2 Å². The molecule has 0 aliphatic carbocycles. The Morgan fingerprint density at radius 1 is 0.722 bits per heavy atom. The molecule has 4 atom stereocenters. The highest BCUT2D eigenvalue weighted by Gasteiger charge is 2.06. The first-order valence-electron chi connectivity index (χ1n) is 7.14. The van der Waals surface area contributed by atoms with Crippen molar-refractivity contribution in [2.45, 2.75) is 53.8 Å². The molecule has 4 heteroatoms. The van der Waals surface area contributed by atoms with Crippen molar-refractivity contribution in [2.75, 3.05) is 26.2 Å². The summed E-state index contributed by atoms with van der Waals surface area (Å²) in [5.74, 6) is 0.731.